The minimum atomic E-state index is -1.96. The van der Waals surface area contributed by atoms with Crippen LogP contribution in [-0.4, -0.2) is 23.0 Å². The Kier molecular flexibility index (Phi) is 5.42. The first-order chi connectivity index (χ1) is 14.4. The number of carbonyl (C=O) groups is 1. The zero-order chi connectivity index (χ0) is 21.5. The van der Waals surface area contributed by atoms with Crippen LogP contribution in [0.15, 0.2) is 60.7 Å². The summed E-state index contributed by atoms with van der Waals surface area (Å²) in [4.78, 5) is 19.4. The van der Waals surface area contributed by atoms with Gasteiger partial charge in [0.15, 0.2) is 5.72 Å². The third-order valence-corrected chi connectivity index (χ3v) is 5.69. The lowest BCUT2D eigenvalue weighted by Crippen LogP contribution is -2.44. The van der Waals surface area contributed by atoms with Crippen molar-refractivity contribution in [3.8, 4) is 0 Å². The fourth-order valence-corrected chi connectivity index (χ4v) is 4.07. The molecule has 0 saturated heterocycles. The molecule has 3 aromatic carbocycles. The second-order valence-corrected chi connectivity index (χ2v) is 7.67. The molecule has 1 amide bonds. The molecule has 0 bridgehead atoms. The van der Waals surface area contributed by atoms with Crippen LogP contribution < -0.4 is 5.48 Å². The smallest absolute Gasteiger partial charge is 0.257 e. The second-order valence-electron chi connectivity index (χ2n) is 6.86. The zero-order valence-corrected chi connectivity index (χ0v) is 17.3. The average molecular weight is 447 g/mol. The molecule has 0 radical (unpaired) electrons. The van der Waals surface area contributed by atoms with Crippen molar-refractivity contribution in [2.75, 3.05) is 12.6 Å². The highest BCUT2D eigenvalue weighted by Crippen LogP contribution is 2.47. The number of hydrogen-bond donors (Lipinski definition) is 2. The van der Waals surface area contributed by atoms with Gasteiger partial charge in [-0.3, -0.25) is 20.0 Å². The Morgan fingerprint density at radius 2 is 1.73 bits per heavy atom. The molecule has 8 heteroatoms. The maximum absolute atomic E-state index is 14.3. The van der Waals surface area contributed by atoms with E-state index in [-0.39, 0.29) is 22.7 Å². The van der Waals surface area contributed by atoms with Crippen molar-refractivity contribution < 1.29 is 19.1 Å². The van der Waals surface area contributed by atoms with Crippen LogP contribution in [0.3, 0.4) is 0 Å². The van der Waals surface area contributed by atoms with Gasteiger partial charge in [-0.15, -0.1) is 0 Å². The molecule has 154 valence electrons. The van der Waals surface area contributed by atoms with Gasteiger partial charge in [0.2, 0.25) is 0 Å². The summed E-state index contributed by atoms with van der Waals surface area (Å²) in [6.45, 7) is 0.0673. The topological polar surface area (TPSA) is 61.8 Å². The molecular weight excluding hydrogens is 430 g/mol. The van der Waals surface area contributed by atoms with Crippen molar-refractivity contribution in [3.05, 3.63) is 98.8 Å². The number of benzene rings is 3. The summed E-state index contributed by atoms with van der Waals surface area (Å²) in [6.07, 6.45) is 0. The first kappa shape index (κ1) is 20.6. The maximum atomic E-state index is 14.3. The fourth-order valence-electron chi connectivity index (χ4n) is 3.64. The monoisotopic (exact) mass is 446 g/mol. The molecule has 5 nitrogen and oxygen atoms in total. The van der Waals surface area contributed by atoms with Crippen LogP contribution in [0.2, 0.25) is 10.0 Å². The van der Waals surface area contributed by atoms with Gasteiger partial charge >= 0.3 is 0 Å². The third kappa shape index (κ3) is 3.32. The molecule has 1 atom stereocenters. The van der Waals surface area contributed by atoms with E-state index in [1.54, 1.807) is 48.5 Å². The van der Waals surface area contributed by atoms with E-state index in [0.29, 0.717) is 10.6 Å². The quantitative estimate of drug-likeness (QED) is 0.544. The highest BCUT2D eigenvalue weighted by Gasteiger charge is 2.51. The number of carbonyl (C=O) groups excluding carboxylic acids is 1. The standard InChI is InChI=1S/C22H17Cl2FN2O3/c1-30-26-16-8-2-13(3-9-16)12-27-21(28)17-10-11-18(25)20(24)19(17)22(27,29)14-4-6-15(23)7-5-14/h2-11,26,29H,12H2,1H3. The first-order valence-electron chi connectivity index (χ1n) is 9.03. The Hall–Kier alpha value is -2.64. The van der Waals surface area contributed by atoms with Crippen molar-refractivity contribution in [3.63, 3.8) is 0 Å². The van der Waals surface area contributed by atoms with Gasteiger partial charge in [0.25, 0.3) is 5.91 Å². The highest BCUT2D eigenvalue weighted by atomic mass is 35.5. The first-order valence-corrected chi connectivity index (χ1v) is 9.78. The molecule has 30 heavy (non-hydrogen) atoms. The summed E-state index contributed by atoms with van der Waals surface area (Å²) >= 11 is 12.2. The number of hydrogen-bond acceptors (Lipinski definition) is 4. The summed E-state index contributed by atoms with van der Waals surface area (Å²) < 4.78 is 14.3. The number of nitrogens with one attached hydrogen (secondary N) is 1. The lowest BCUT2D eigenvalue weighted by atomic mass is 9.93. The normalized spacial score (nSPS) is 17.9. The van der Waals surface area contributed by atoms with E-state index < -0.39 is 17.4 Å². The van der Waals surface area contributed by atoms with E-state index >= 15 is 0 Å². The number of aliphatic hydroxyl groups is 1. The minimum Gasteiger partial charge on any atom is -0.363 e. The lowest BCUT2D eigenvalue weighted by molar-refractivity contribution is -0.0543. The molecule has 1 aliphatic rings. The molecule has 3 aromatic rings. The number of halogens is 3. The van der Waals surface area contributed by atoms with Gasteiger partial charge in [-0.2, -0.15) is 0 Å². The van der Waals surface area contributed by atoms with Crippen LogP contribution in [0, 0.1) is 5.82 Å². The molecule has 4 rings (SSSR count). The number of amides is 1. The van der Waals surface area contributed by atoms with Crippen LogP contribution in [0.1, 0.15) is 27.0 Å². The van der Waals surface area contributed by atoms with Crippen LogP contribution in [-0.2, 0) is 17.1 Å². The minimum absolute atomic E-state index is 0.0224. The Labute approximate surface area is 182 Å². The summed E-state index contributed by atoms with van der Waals surface area (Å²) in [5, 5.41) is 12.0. The molecule has 0 fully saturated rings. The summed E-state index contributed by atoms with van der Waals surface area (Å²) in [5.41, 5.74) is 2.76. The predicted molar refractivity (Wildman–Crippen MR) is 113 cm³/mol. The fraction of sp³-hybridized carbons (Fsp3) is 0.136. The lowest BCUT2D eigenvalue weighted by Gasteiger charge is -2.35. The van der Waals surface area contributed by atoms with E-state index in [4.69, 9.17) is 28.0 Å². The summed E-state index contributed by atoms with van der Waals surface area (Å²) in [5.74, 6) is -1.17. The van der Waals surface area contributed by atoms with E-state index in [9.17, 15) is 14.3 Å². The molecule has 2 N–H and O–H groups in total. The Bertz CT molecular complexity index is 1110. The zero-order valence-electron chi connectivity index (χ0n) is 15.8. The van der Waals surface area contributed by atoms with Crippen LogP contribution in [0.5, 0.6) is 0 Å². The van der Waals surface area contributed by atoms with E-state index in [0.717, 1.165) is 17.3 Å². The van der Waals surface area contributed by atoms with Gasteiger partial charge in [0.1, 0.15) is 5.82 Å². The number of anilines is 1. The number of nitrogens with zero attached hydrogens (tertiary/aromatic N) is 1. The SMILES string of the molecule is CONc1ccc(CN2C(=O)c3ccc(F)c(Cl)c3C2(O)c2ccc(Cl)cc2)cc1. The van der Waals surface area contributed by atoms with Gasteiger partial charge in [0.05, 0.1) is 17.8 Å². The molecule has 0 spiro atoms. The van der Waals surface area contributed by atoms with Crippen molar-refractivity contribution in [1.82, 2.24) is 4.90 Å². The van der Waals surface area contributed by atoms with Crippen molar-refractivity contribution in [1.29, 1.82) is 0 Å². The Morgan fingerprint density at radius 3 is 2.37 bits per heavy atom. The molecule has 0 aliphatic carbocycles. The Balaban J connectivity index is 1.83. The average Bonchev–Trinajstić information content (AvgIpc) is 2.95. The highest BCUT2D eigenvalue weighted by molar-refractivity contribution is 6.32. The molecule has 0 aromatic heterocycles. The summed E-state index contributed by atoms with van der Waals surface area (Å²) in [6, 6.07) is 16.0. The Morgan fingerprint density at radius 1 is 1.07 bits per heavy atom. The molecular formula is C22H17Cl2FN2O3. The largest absolute Gasteiger partial charge is 0.363 e. The van der Waals surface area contributed by atoms with Crippen molar-refractivity contribution in [2.24, 2.45) is 0 Å². The van der Waals surface area contributed by atoms with Crippen molar-refractivity contribution in [2.45, 2.75) is 12.3 Å². The molecule has 1 unspecified atom stereocenters. The van der Waals surface area contributed by atoms with E-state index in [1.165, 1.54) is 18.1 Å². The van der Waals surface area contributed by atoms with Gasteiger partial charge in [0, 0.05) is 28.3 Å². The van der Waals surface area contributed by atoms with E-state index in [1.807, 2.05) is 0 Å². The van der Waals surface area contributed by atoms with Gasteiger partial charge in [-0.25, -0.2) is 4.39 Å². The molecule has 0 saturated carbocycles. The number of rotatable bonds is 5. The maximum Gasteiger partial charge on any atom is 0.257 e. The predicted octanol–water partition coefficient (Wildman–Crippen LogP) is 4.96. The number of fused-ring (bicyclic) bond motifs is 1. The van der Waals surface area contributed by atoms with Gasteiger partial charge in [-0.05, 0) is 42.0 Å². The summed E-state index contributed by atoms with van der Waals surface area (Å²) in [7, 11) is 1.50. The van der Waals surface area contributed by atoms with Crippen LogP contribution in [0.4, 0.5) is 10.1 Å². The van der Waals surface area contributed by atoms with Crippen molar-refractivity contribution >= 4 is 34.8 Å². The van der Waals surface area contributed by atoms with Gasteiger partial charge < -0.3 is 5.11 Å². The van der Waals surface area contributed by atoms with E-state index in [2.05, 4.69) is 5.48 Å². The van der Waals surface area contributed by atoms with Crippen LogP contribution >= 0.6 is 23.2 Å². The van der Waals surface area contributed by atoms with Crippen LogP contribution in [0.25, 0.3) is 0 Å². The third-order valence-electron chi connectivity index (χ3n) is 5.07. The second kappa shape index (κ2) is 7.89. The molecule has 1 heterocycles. The van der Waals surface area contributed by atoms with Gasteiger partial charge in [-0.1, -0.05) is 47.5 Å². The molecule has 1 aliphatic heterocycles.